The van der Waals surface area contributed by atoms with Crippen LogP contribution in [-0.2, 0) is 0 Å². The van der Waals surface area contributed by atoms with Crippen LogP contribution in [0.15, 0.2) is 41.4 Å². The molecule has 0 spiro atoms. The summed E-state index contributed by atoms with van der Waals surface area (Å²) in [4.78, 5) is 19.0. The van der Waals surface area contributed by atoms with Crippen LogP contribution >= 0.6 is 0 Å². The number of phenols is 1. The number of benzene rings is 2. The van der Waals surface area contributed by atoms with Gasteiger partial charge in [0.1, 0.15) is 0 Å². The van der Waals surface area contributed by atoms with Crippen LogP contribution in [0, 0.1) is 5.82 Å². The lowest BCUT2D eigenvalue weighted by Crippen LogP contribution is -2.17. The third kappa shape index (κ3) is 4.88. The molecule has 2 N–H and O–H groups in total. The number of phenolic OH excluding ortho intramolecular Hbond substituents is 1. The molecule has 1 aliphatic heterocycles. The van der Waals surface area contributed by atoms with E-state index in [-0.39, 0.29) is 11.1 Å². The van der Waals surface area contributed by atoms with E-state index in [9.17, 15) is 14.3 Å². The summed E-state index contributed by atoms with van der Waals surface area (Å²) in [6.45, 7) is 4.76. The van der Waals surface area contributed by atoms with Gasteiger partial charge in [-0.25, -0.2) is 4.39 Å². The fourth-order valence-electron chi connectivity index (χ4n) is 3.20. The second-order valence-electron chi connectivity index (χ2n) is 6.98. The largest absolute Gasteiger partial charge is 0.504 e. The number of unbranched alkanes of at least 4 members (excludes halogenated alkanes) is 1. The Kier molecular flexibility index (Phi) is 6.63. The Labute approximate surface area is 164 Å². The SMILES string of the molecule is CCCCN=Cc1cc(C(=O)Nc2ccc(N3CCCC3)cc2)cc(F)c1O. The first-order valence-electron chi connectivity index (χ1n) is 9.77. The topological polar surface area (TPSA) is 64.9 Å². The summed E-state index contributed by atoms with van der Waals surface area (Å²) >= 11 is 0. The van der Waals surface area contributed by atoms with Gasteiger partial charge in [0.15, 0.2) is 11.6 Å². The molecule has 0 aromatic heterocycles. The minimum Gasteiger partial charge on any atom is -0.504 e. The zero-order chi connectivity index (χ0) is 19.9. The second kappa shape index (κ2) is 9.35. The van der Waals surface area contributed by atoms with Gasteiger partial charge in [0, 0.05) is 48.4 Å². The van der Waals surface area contributed by atoms with E-state index in [2.05, 4.69) is 22.1 Å². The molecule has 1 saturated heterocycles. The number of rotatable bonds is 7. The van der Waals surface area contributed by atoms with Gasteiger partial charge < -0.3 is 15.3 Å². The first-order chi connectivity index (χ1) is 13.6. The molecule has 1 heterocycles. The third-order valence-corrected chi connectivity index (χ3v) is 4.82. The Balaban J connectivity index is 1.71. The number of hydrogen-bond acceptors (Lipinski definition) is 4. The van der Waals surface area contributed by atoms with E-state index >= 15 is 0 Å². The monoisotopic (exact) mass is 383 g/mol. The molecule has 3 rings (SSSR count). The van der Waals surface area contributed by atoms with E-state index in [1.165, 1.54) is 25.1 Å². The molecular weight excluding hydrogens is 357 g/mol. The minimum absolute atomic E-state index is 0.135. The van der Waals surface area contributed by atoms with Crippen molar-refractivity contribution in [2.45, 2.75) is 32.6 Å². The lowest BCUT2D eigenvalue weighted by Gasteiger charge is -2.17. The van der Waals surface area contributed by atoms with E-state index in [1.807, 2.05) is 24.3 Å². The molecule has 28 heavy (non-hydrogen) atoms. The maximum atomic E-state index is 14.0. The predicted octanol–water partition coefficient (Wildman–Crippen LogP) is 4.60. The maximum Gasteiger partial charge on any atom is 0.255 e. The Morgan fingerprint density at radius 3 is 2.64 bits per heavy atom. The lowest BCUT2D eigenvalue weighted by molar-refractivity contribution is 0.102. The summed E-state index contributed by atoms with van der Waals surface area (Å²) in [5, 5.41) is 12.7. The number of nitrogens with one attached hydrogen (secondary N) is 1. The molecule has 1 aliphatic rings. The Morgan fingerprint density at radius 2 is 1.96 bits per heavy atom. The van der Waals surface area contributed by atoms with Crippen molar-refractivity contribution >= 4 is 23.5 Å². The van der Waals surface area contributed by atoms with Crippen molar-refractivity contribution in [1.82, 2.24) is 0 Å². The van der Waals surface area contributed by atoms with Crippen molar-refractivity contribution in [3.63, 3.8) is 0 Å². The Morgan fingerprint density at radius 1 is 1.25 bits per heavy atom. The molecule has 2 aromatic carbocycles. The molecular formula is C22H26FN3O2. The second-order valence-corrected chi connectivity index (χ2v) is 6.98. The van der Waals surface area contributed by atoms with Gasteiger partial charge in [-0.1, -0.05) is 13.3 Å². The summed E-state index contributed by atoms with van der Waals surface area (Å²) in [5.41, 5.74) is 2.11. The van der Waals surface area contributed by atoms with Crippen LogP contribution in [0.4, 0.5) is 15.8 Å². The summed E-state index contributed by atoms with van der Waals surface area (Å²) in [6.07, 6.45) is 5.73. The molecule has 1 fully saturated rings. The number of halogens is 1. The average Bonchev–Trinajstić information content (AvgIpc) is 3.23. The van der Waals surface area contributed by atoms with Gasteiger partial charge in [-0.05, 0) is 55.7 Å². The number of aromatic hydroxyl groups is 1. The summed E-state index contributed by atoms with van der Waals surface area (Å²) in [5.74, 6) is -1.77. The minimum atomic E-state index is -0.839. The molecule has 0 unspecified atom stereocenters. The van der Waals surface area contributed by atoms with Crippen LogP contribution in [0.1, 0.15) is 48.5 Å². The standard InChI is InChI=1S/C22H26FN3O2/c1-2-3-10-24-15-17-13-16(14-20(23)21(17)27)22(28)25-18-6-8-19(9-7-18)26-11-4-5-12-26/h6-9,13-15,27H,2-5,10-12H2,1H3,(H,25,28). The normalized spacial score (nSPS) is 14.0. The number of aliphatic imine (C=N–C) groups is 1. The van der Waals surface area contributed by atoms with Gasteiger partial charge in [-0.15, -0.1) is 0 Å². The molecule has 0 aliphatic carbocycles. The fourth-order valence-corrected chi connectivity index (χ4v) is 3.20. The zero-order valence-electron chi connectivity index (χ0n) is 16.1. The highest BCUT2D eigenvalue weighted by molar-refractivity contribution is 6.05. The highest BCUT2D eigenvalue weighted by atomic mass is 19.1. The van der Waals surface area contributed by atoms with Crippen LogP contribution in [0.5, 0.6) is 5.75 Å². The molecule has 148 valence electrons. The van der Waals surface area contributed by atoms with Crippen LogP contribution < -0.4 is 10.2 Å². The van der Waals surface area contributed by atoms with Crippen LogP contribution in [0.2, 0.25) is 0 Å². The van der Waals surface area contributed by atoms with Gasteiger partial charge >= 0.3 is 0 Å². The van der Waals surface area contributed by atoms with Crippen molar-refractivity contribution in [3.8, 4) is 5.75 Å². The molecule has 0 bridgehead atoms. The van der Waals surface area contributed by atoms with Crippen molar-refractivity contribution in [2.75, 3.05) is 29.9 Å². The highest BCUT2D eigenvalue weighted by Gasteiger charge is 2.15. The van der Waals surface area contributed by atoms with Crippen molar-refractivity contribution < 1.29 is 14.3 Å². The van der Waals surface area contributed by atoms with E-state index in [0.717, 1.165) is 37.7 Å². The molecule has 6 heteroatoms. The highest BCUT2D eigenvalue weighted by Crippen LogP contribution is 2.24. The number of carbonyl (C=O) groups is 1. The quantitative estimate of drug-likeness (QED) is 0.542. The fraction of sp³-hybridized carbons (Fsp3) is 0.364. The first-order valence-corrected chi connectivity index (χ1v) is 9.77. The number of hydrogen-bond donors (Lipinski definition) is 2. The number of nitrogens with zero attached hydrogens (tertiary/aromatic N) is 2. The summed E-state index contributed by atoms with van der Waals surface area (Å²) in [6, 6.07) is 10.1. The molecule has 1 amide bonds. The van der Waals surface area contributed by atoms with E-state index < -0.39 is 17.5 Å². The maximum absolute atomic E-state index is 14.0. The molecule has 0 radical (unpaired) electrons. The van der Waals surface area contributed by atoms with Crippen molar-refractivity contribution in [1.29, 1.82) is 0 Å². The van der Waals surface area contributed by atoms with Gasteiger partial charge in [0.05, 0.1) is 0 Å². The van der Waals surface area contributed by atoms with Crippen molar-refractivity contribution in [3.05, 3.63) is 53.3 Å². The molecule has 2 aromatic rings. The van der Waals surface area contributed by atoms with Gasteiger partial charge in [-0.3, -0.25) is 9.79 Å². The number of carbonyl (C=O) groups excluding carboxylic acids is 1. The van der Waals surface area contributed by atoms with Crippen molar-refractivity contribution in [2.24, 2.45) is 4.99 Å². The zero-order valence-corrected chi connectivity index (χ0v) is 16.1. The van der Waals surface area contributed by atoms with E-state index in [1.54, 1.807) is 0 Å². The molecule has 0 saturated carbocycles. The third-order valence-electron chi connectivity index (χ3n) is 4.82. The molecule has 0 atom stereocenters. The lowest BCUT2D eigenvalue weighted by atomic mass is 10.1. The van der Waals surface area contributed by atoms with E-state index in [0.29, 0.717) is 12.2 Å². The summed E-state index contributed by atoms with van der Waals surface area (Å²) in [7, 11) is 0. The van der Waals surface area contributed by atoms with Crippen LogP contribution in [-0.4, -0.2) is 36.9 Å². The van der Waals surface area contributed by atoms with E-state index in [4.69, 9.17) is 0 Å². The molecule has 5 nitrogen and oxygen atoms in total. The summed E-state index contributed by atoms with van der Waals surface area (Å²) < 4.78 is 14.0. The first kappa shape index (κ1) is 19.9. The van der Waals surface area contributed by atoms with Gasteiger partial charge in [0.25, 0.3) is 5.91 Å². The number of amides is 1. The Hall–Kier alpha value is -2.89. The Bertz CT molecular complexity index is 844. The predicted molar refractivity (Wildman–Crippen MR) is 111 cm³/mol. The van der Waals surface area contributed by atoms with Gasteiger partial charge in [0.2, 0.25) is 0 Å². The average molecular weight is 383 g/mol. The van der Waals surface area contributed by atoms with Crippen LogP contribution in [0.3, 0.4) is 0 Å². The smallest absolute Gasteiger partial charge is 0.255 e. The van der Waals surface area contributed by atoms with Gasteiger partial charge in [-0.2, -0.15) is 0 Å². The van der Waals surface area contributed by atoms with Crippen LogP contribution in [0.25, 0.3) is 0 Å². The number of anilines is 2.